The third-order valence-electron chi connectivity index (χ3n) is 6.44. The average Bonchev–Trinajstić information content (AvgIpc) is 3.39. The van der Waals surface area contributed by atoms with Crippen LogP contribution in [0.4, 0.5) is 11.4 Å². The van der Waals surface area contributed by atoms with Gasteiger partial charge in [0.25, 0.3) is 5.91 Å². The van der Waals surface area contributed by atoms with Gasteiger partial charge in [-0.2, -0.15) is 0 Å². The summed E-state index contributed by atoms with van der Waals surface area (Å²) < 4.78 is 16.8. The minimum absolute atomic E-state index is 0.328. The highest BCUT2D eigenvalue weighted by atomic mass is 16.7. The van der Waals surface area contributed by atoms with E-state index in [1.165, 1.54) is 19.1 Å². The standard InChI is InChI=1S/C27H26N2O6/c1-16-9-8-12-18(15-16)28-26(30)21-22(19-13-14-20(32-2)24(34-4)23(19)33-3)29(35-25(21)27(28)31)17-10-6-5-7-11-17/h5-15,21-22,25H,1-4H3/t21-,22+,25-/m1/s1. The number of hydrogen-bond acceptors (Lipinski definition) is 7. The van der Waals surface area contributed by atoms with Gasteiger partial charge in [-0.1, -0.05) is 30.3 Å². The summed E-state index contributed by atoms with van der Waals surface area (Å²) in [6, 6.07) is 19.6. The van der Waals surface area contributed by atoms with E-state index in [-0.39, 0.29) is 5.91 Å². The Labute approximate surface area is 203 Å². The Kier molecular flexibility index (Phi) is 5.82. The lowest BCUT2D eigenvalue weighted by Crippen LogP contribution is -2.37. The predicted octanol–water partition coefficient (Wildman–Crippen LogP) is 4.07. The van der Waals surface area contributed by atoms with E-state index in [9.17, 15) is 9.59 Å². The highest BCUT2D eigenvalue weighted by molar-refractivity contribution is 6.24. The molecule has 0 N–H and O–H groups in total. The fraction of sp³-hybridized carbons (Fsp3) is 0.259. The van der Waals surface area contributed by atoms with E-state index in [4.69, 9.17) is 19.0 Å². The van der Waals surface area contributed by atoms with E-state index >= 15 is 0 Å². The molecule has 2 aliphatic rings. The van der Waals surface area contributed by atoms with Crippen molar-refractivity contribution < 1.29 is 28.6 Å². The molecular formula is C27H26N2O6. The smallest absolute Gasteiger partial charge is 0.266 e. The van der Waals surface area contributed by atoms with Crippen LogP contribution < -0.4 is 24.2 Å². The van der Waals surface area contributed by atoms with Gasteiger partial charge in [0, 0.05) is 5.56 Å². The van der Waals surface area contributed by atoms with Crippen LogP contribution in [-0.4, -0.2) is 39.2 Å². The van der Waals surface area contributed by atoms with Gasteiger partial charge in [0.2, 0.25) is 11.7 Å². The number of methoxy groups -OCH3 is 3. The number of benzene rings is 3. The molecular weight excluding hydrogens is 448 g/mol. The van der Waals surface area contributed by atoms with Crippen molar-refractivity contribution in [1.29, 1.82) is 0 Å². The van der Waals surface area contributed by atoms with Gasteiger partial charge in [0.15, 0.2) is 17.6 Å². The lowest BCUT2D eigenvalue weighted by molar-refractivity contribution is -0.126. The van der Waals surface area contributed by atoms with Crippen LogP contribution in [0.2, 0.25) is 0 Å². The van der Waals surface area contributed by atoms with E-state index in [2.05, 4.69) is 0 Å². The van der Waals surface area contributed by atoms with Crippen LogP contribution >= 0.6 is 0 Å². The first-order chi connectivity index (χ1) is 17.0. The minimum Gasteiger partial charge on any atom is -0.493 e. The lowest BCUT2D eigenvalue weighted by atomic mass is 9.89. The normalized spacial score (nSPS) is 21.3. The zero-order valence-electron chi connectivity index (χ0n) is 19.9. The van der Waals surface area contributed by atoms with E-state index in [1.807, 2.05) is 61.5 Å². The Hall–Kier alpha value is -4.04. The van der Waals surface area contributed by atoms with Crippen LogP contribution in [0, 0.1) is 12.8 Å². The van der Waals surface area contributed by atoms with Crippen LogP contribution in [0.25, 0.3) is 0 Å². The minimum atomic E-state index is -0.981. The lowest BCUT2D eigenvalue weighted by Gasteiger charge is -2.30. The van der Waals surface area contributed by atoms with Crippen molar-refractivity contribution in [1.82, 2.24) is 0 Å². The summed E-state index contributed by atoms with van der Waals surface area (Å²) >= 11 is 0. The Bertz CT molecular complexity index is 1280. The summed E-state index contributed by atoms with van der Waals surface area (Å²) in [5.74, 6) is -0.216. The molecule has 0 radical (unpaired) electrons. The van der Waals surface area contributed by atoms with E-state index in [0.717, 1.165) is 5.56 Å². The number of hydroxylamine groups is 1. The number of hydrogen-bond donors (Lipinski definition) is 0. The molecule has 2 aliphatic heterocycles. The monoisotopic (exact) mass is 474 g/mol. The topological polar surface area (TPSA) is 77.5 Å². The molecule has 0 spiro atoms. The molecule has 3 aromatic carbocycles. The van der Waals surface area contributed by atoms with Crippen molar-refractivity contribution in [3.63, 3.8) is 0 Å². The first-order valence-corrected chi connectivity index (χ1v) is 11.2. The number of carbonyl (C=O) groups excluding carboxylic acids is 2. The molecule has 2 amide bonds. The number of nitrogens with zero attached hydrogens (tertiary/aromatic N) is 2. The van der Waals surface area contributed by atoms with E-state index < -0.39 is 24.0 Å². The zero-order valence-corrected chi connectivity index (χ0v) is 19.9. The van der Waals surface area contributed by atoms with Crippen molar-refractivity contribution in [3.05, 3.63) is 77.9 Å². The molecule has 0 saturated carbocycles. The molecule has 2 saturated heterocycles. The van der Waals surface area contributed by atoms with Crippen molar-refractivity contribution in [3.8, 4) is 17.2 Å². The second-order valence-electron chi connectivity index (χ2n) is 8.43. The molecule has 3 atom stereocenters. The number of carbonyl (C=O) groups is 2. The first kappa shape index (κ1) is 22.7. The van der Waals surface area contributed by atoms with Gasteiger partial charge in [-0.25, -0.2) is 9.96 Å². The van der Waals surface area contributed by atoms with E-state index in [0.29, 0.717) is 34.2 Å². The number of para-hydroxylation sites is 1. The van der Waals surface area contributed by atoms with Gasteiger partial charge >= 0.3 is 0 Å². The molecule has 2 heterocycles. The Morgan fingerprint density at radius 1 is 0.771 bits per heavy atom. The van der Waals surface area contributed by atoms with Crippen LogP contribution in [-0.2, 0) is 14.4 Å². The number of amides is 2. The van der Waals surface area contributed by atoms with Crippen molar-refractivity contribution >= 4 is 23.2 Å². The molecule has 8 nitrogen and oxygen atoms in total. The van der Waals surface area contributed by atoms with Crippen LogP contribution in [0.1, 0.15) is 17.2 Å². The summed E-state index contributed by atoms with van der Waals surface area (Å²) in [5.41, 5.74) is 2.84. The van der Waals surface area contributed by atoms with Crippen LogP contribution in [0.3, 0.4) is 0 Å². The number of rotatable bonds is 6. The number of ether oxygens (including phenoxy) is 3. The van der Waals surface area contributed by atoms with Crippen molar-refractivity contribution in [2.24, 2.45) is 5.92 Å². The molecule has 3 aromatic rings. The van der Waals surface area contributed by atoms with Gasteiger partial charge in [0.1, 0.15) is 12.0 Å². The SMILES string of the molecule is COc1ccc([C@H]2[C@H]3C(=O)N(c4cccc(C)c4)C(=O)[C@@H]3ON2c2ccccc2)c(OC)c1OC. The Morgan fingerprint density at radius 2 is 1.49 bits per heavy atom. The summed E-state index contributed by atoms with van der Waals surface area (Å²) in [7, 11) is 4.60. The van der Waals surface area contributed by atoms with Crippen molar-refractivity contribution in [2.75, 3.05) is 31.3 Å². The fourth-order valence-electron chi connectivity index (χ4n) is 4.91. The Morgan fingerprint density at radius 3 is 2.14 bits per heavy atom. The highest BCUT2D eigenvalue weighted by Crippen LogP contribution is 2.52. The number of aryl methyl sites for hydroxylation is 1. The molecule has 2 fully saturated rings. The largest absolute Gasteiger partial charge is 0.493 e. The van der Waals surface area contributed by atoms with Crippen LogP contribution in [0.15, 0.2) is 66.7 Å². The van der Waals surface area contributed by atoms with E-state index in [1.54, 1.807) is 24.3 Å². The molecule has 8 heteroatoms. The molecule has 0 bridgehead atoms. The second-order valence-corrected chi connectivity index (χ2v) is 8.43. The van der Waals surface area contributed by atoms with Gasteiger partial charge in [0.05, 0.1) is 32.7 Å². The summed E-state index contributed by atoms with van der Waals surface area (Å²) in [4.78, 5) is 34.8. The maximum Gasteiger partial charge on any atom is 0.266 e. The quantitative estimate of drug-likeness (QED) is 0.499. The van der Waals surface area contributed by atoms with Gasteiger partial charge in [-0.05, 0) is 48.9 Å². The zero-order chi connectivity index (χ0) is 24.7. The molecule has 180 valence electrons. The summed E-state index contributed by atoms with van der Waals surface area (Å²) in [5, 5.41) is 1.63. The third-order valence-corrected chi connectivity index (χ3v) is 6.44. The van der Waals surface area contributed by atoms with Gasteiger partial charge < -0.3 is 14.2 Å². The summed E-state index contributed by atoms with van der Waals surface area (Å²) in [6.45, 7) is 1.92. The molecule has 5 rings (SSSR count). The second kappa shape index (κ2) is 8.96. The Balaban J connectivity index is 1.66. The van der Waals surface area contributed by atoms with Gasteiger partial charge in [-0.3, -0.25) is 14.4 Å². The van der Waals surface area contributed by atoms with Gasteiger partial charge in [-0.15, -0.1) is 0 Å². The van der Waals surface area contributed by atoms with Crippen LogP contribution in [0.5, 0.6) is 17.2 Å². The highest BCUT2D eigenvalue weighted by Gasteiger charge is 2.61. The summed E-state index contributed by atoms with van der Waals surface area (Å²) in [6.07, 6.45) is -0.981. The number of fused-ring (bicyclic) bond motifs is 1. The molecule has 0 aliphatic carbocycles. The number of imide groups is 1. The fourth-order valence-corrected chi connectivity index (χ4v) is 4.91. The molecule has 35 heavy (non-hydrogen) atoms. The van der Waals surface area contributed by atoms with Crippen molar-refractivity contribution in [2.45, 2.75) is 19.1 Å². The molecule has 0 unspecified atom stereocenters. The first-order valence-electron chi connectivity index (χ1n) is 11.2. The average molecular weight is 475 g/mol. The molecule has 0 aromatic heterocycles. The number of anilines is 2. The maximum atomic E-state index is 13.8. The maximum absolute atomic E-state index is 13.8. The predicted molar refractivity (Wildman–Crippen MR) is 130 cm³/mol. The third kappa shape index (κ3) is 3.57.